The second kappa shape index (κ2) is 7.90. The molecule has 1 aromatic carbocycles. The summed E-state index contributed by atoms with van der Waals surface area (Å²) >= 11 is 0. The van der Waals surface area contributed by atoms with Crippen LogP contribution in [0.2, 0.25) is 0 Å². The fraction of sp³-hybridized carbons (Fsp3) is 0.150. The van der Waals surface area contributed by atoms with E-state index in [-0.39, 0.29) is 22.8 Å². The summed E-state index contributed by atoms with van der Waals surface area (Å²) < 4.78 is 40.4. The maximum atomic E-state index is 13.5. The average molecular weight is 416 g/mol. The molecule has 2 aliphatic rings. The average Bonchev–Trinajstić information content (AvgIpc) is 3.02. The van der Waals surface area contributed by atoms with Crippen LogP contribution in [0.4, 0.5) is 13.2 Å². The fourth-order valence-corrected chi connectivity index (χ4v) is 3.14. The molecule has 0 saturated heterocycles. The van der Waals surface area contributed by atoms with Gasteiger partial charge in [0.1, 0.15) is 17.4 Å². The van der Waals surface area contributed by atoms with Gasteiger partial charge in [-0.3, -0.25) is 15.6 Å². The van der Waals surface area contributed by atoms with Gasteiger partial charge in [-0.25, -0.2) is 5.01 Å². The van der Waals surface area contributed by atoms with Crippen LogP contribution in [-0.2, 0) is 11.0 Å². The number of fused-ring (bicyclic) bond motifs is 1. The molecule has 5 N–H and O–H groups in total. The van der Waals surface area contributed by atoms with Gasteiger partial charge in [-0.2, -0.15) is 13.2 Å². The van der Waals surface area contributed by atoms with Crippen LogP contribution in [0.15, 0.2) is 65.3 Å². The van der Waals surface area contributed by atoms with Crippen molar-refractivity contribution >= 4 is 23.7 Å². The van der Waals surface area contributed by atoms with Crippen molar-refractivity contribution in [3.63, 3.8) is 0 Å². The predicted octanol–water partition coefficient (Wildman–Crippen LogP) is 3.23. The molecule has 1 aromatic rings. The third kappa shape index (κ3) is 3.97. The SMILES string of the molecule is CC1=C2NC(C)=C(C(=O)NC(=N)C=CC=N)N2NC(c2ccccc2C(F)(F)F)=C1. The van der Waals surface area contributed by atoms with E-state index in [1.165, 1.54) is 35.4 Å². The molecule has 0 atom stereocenters. The molecule has 7 nitrogen and oxygen atoms in total. The predicted molar refractivity (Wildman–Crippen MR) is 107 cm³/mol. The molecule has 0 bridgehead atoms. The molecule has 2 aliphatic heterocycles. The number of alkyl halides is 3. The highest BCUT2D eigenvalue weighted by molar-refractivity contribution is 6.09. The Morgan fingerprint density at radius 2 is 1.93 bits per heavy atom. The molecule has 0 unspecified atom stereocenters. The summed E-state index contributed by atoms with van der Waals surface area (Å²) in [6, 6.07) is 5.19. The van der Waals surface area contributed by atoms with E-state index in [0.29, 0.717) is 17.1 Å². The van der Waals surface area contributed by atoms with Crippen LogP contribution in [0, 0.1) is 10.8 Å². The Labute approximate surface area is 170 Å². The standard InChI is InChI=1S/C20H19F3N6O/c1-11-10-15(13-6-3-4-7-14(13)20(21,22)23)28-29-17(12(2)26-18(11)29)19(30)27-16(25)8-5-9-24/h3-10,24,26,28H,1-2H3,(H2,25,27,30). The molecule has 0 fully saturated rings. The molecular weight excluding hydrogens is 397 g/mol. The number of benzene rings is 1. The summed E-state index contributed by atoms with van der Waals surface area (Å²) in [6.45, 7) is 3.37. The first-order valence-corrected chi connectivity index (χ1v) is 8.84. The third-order valence-electron chi connectivity index (χ3n) is 4.42. The number of hydrogen-bond acceptors (Lipinski definition) is 6. The van der Waals surface area contributed by atoms with E-state index >= 15 is 0 Å². The first-order valence-electron chi connectivity index (χ1n) is 8.84. The Hall–Kier alpha value is -3.82. The Morgan fingerprint density at radius 3 is 2.60 bits per heavy atom. The fourth-order valence-electron chi connectivity index (χ4n) is 3.14. The van der Waals surface area contributed by atoms with Crippen LogP contribution in [0.25, 0.3) is 5.70 Å². The van der Waals surface area contributed by atoms with E-state index in [9.17, 15) is 18.0 Å². The summed E-state index contributed by atoms with van der Waals surface area (Å²) in [5, 5.41) is 21.5. The topological polar surface area (TPSA) is 104 Å². The van der Waals surface area contributed by atoms with Gasteiger partial charge in [0.05, 0.1) is 11.3 Å². The zero-order valence-electron chi connectivity index (χ0n) is 16.1. The van der Waals surface area contributed by atoms with E-state index in [1.54, 1.807) is 19.9 Å². The monoisotopic (exact) mass is 416 g/mol. The molecule has 0 spiro atoms. The zero-order chi connectivity index (χ0) is 22.1. The zero-order valence-corrected chi connectivity index (χ0v) is 16.1. The lowest BCUT2D eigenvalue weighted by Crippen LogP contribution is -2.43. The van der Waals surface area contributed by atoms with Gasteiger partial charge in [0, 0.05) is 17.5 Å². The molecule has 156 valence electrons. The molecule has 0 aromatic heterocycles. The molecule has 2 heterocycles. The summed E-state index contributed by atoms with van der Waals surface area (Å²) in [5.74, 6) is -0.346. The van der Waals surface area contributed by atoms with Crippen LogP contribution >= 0.6 is 0 Å². The van der Waals surface area contributed by atoms with Crippen molar-refractivity contribution in [2.45, 2.75) is 20.0 Å². The van der Waals surface area contributed by atoms with Gasteiger partial charge in [0.25, 0.3) is 5.91 Å². The van der Waals surface area contributed by atoms with E-state index < -0.39 is 17.6 Å². The highest BCUT2D eigenvalue weighted by atomic mass is 19.4. The van der Waals surface area contributed by atoms with Crippen molar-refractivity contribution in [3.8, 4) is 0 Å². The van der Waals surface area contributed by atoms with Crippen molar-refractivity contribution in [3.05, 3.63) is 76.4 Å². The Balaban J connectivity index is 1.94. The summed E-state index contributed by atoms with van der Waals surface area (Å²) in [7, 11) is 0. The number of rotatable bonds is 4. The quantitative estimate of drug-likeness (QED) is 0.384. The smallest absolute Gasteiger partial charge is 0.342 e. The number of allylic oxidation sites excluding steroid dienone is 4. The molecule has 0 saturated carbocycles. The van der Waals surface area contributed by atoms with Crippen LogP contribution in [0.3, 0.4) is 0 Å². The maximum Gasteiger partial charge on any atom is 0.417 e. The highest BCUT2D eigenvalue weighted by Crippen LogP contribution is 2.37. The van der Waals surface area contributed by atoms with Crippen LogP contribution in [0.1, 0.15) is 25.0 Å². The number of hydrogen-bond donors (Lipinski definition) is 5. The van der Waals surface area contributed by atoms with E-state index in [1.807, 2.05) is 0 Å². The minimum atomic E-state index is -4.54. The number of amides is 1. The Kier molecular flexibility index (Phi) is 5.50. The second-order valence-corrected chi connectivity index (χ2v) is 6.57. The van der Waals surface area contributed by atoms with Crippen molar-refractivity contribution in [1.29, 1.82) is 10.8 Å². The molecular formula is C20H19F3N6O. The molecule has 0 aliphatic carbocycles. The molecule has 0 radical (unpaired) electrons. The first-order chi connectivity index (χ1) is 14.1. The largest absolute Gasteiger partial charge is 0.417 e. The van der Waals surface area contributed by atoms with Crippen LogP contribution in [0.5, 0.6) is 0 Å². The van der Waals surface area contributed by atoms with Crippen molar-refractivity contribution in [2.75, 3.05) is 0 Å². The van der Waals surface area contributed by atoms with Gasteiger partial charge in [-0.1, -0.05) is 18.2 Å². The summed E-state index contributed by atoms with van der Waals surface area (Å²) in [6.07, 6.45) is 0.517. The van der Waals surface area contributed by atoms with Crippen LogP contribution in [-0.4, -0.2) is 23.0 Å². The van der Waals surface area contributed by atoms with Crippen molar-refractivity contribution < 1.29 is 18.0 Å². The Bertz CT molecular complexity index is 1050. The summed E-state index contributed by atoms with van der Waals surface area (Å²) in [4.78, 5) is 12.7. The second-order valence-electron chi connectivity index (χ2n) is 6.57. The third-order valence-corrected chi connectivity index (χ3v) is 4.42. The first kappa shape index (κ1) is 20.9. The normalized spacial score (nSPS) is 16.2. The molecule has 10 heteroatoms. The van der Waals surface area contributed by atoms with Gasteiger partial charge in [-0.05, 0) is 43.7 Å². The molecule has 30 heavy (non-hydrogen) atoms. The Morgan fingerprint density at radius 1 is 1.23 bits per heavy atom. The maximum absolute atomic E-state index is 13.5. The van der Waals surface area contributed by atoms with E-state index in [0.717, 1.165) is 12.3 Å². The lowest BCUT2D eigenvalue weighted by atomic mass is 10.0. The van der Waals surface area contributed by atoms with Crippen molar-refractivity contribution in [1.82, 2.24) is 21.1 Å². The highest BCUT2D eigenvalue weighted by Gasteiger charge is 2.37. The van der Waals surface area contributed by atoms with E-state index in [2.05, 4.69) is 16.1 Å². The number of nitrogens with one attached hydrogen (secondary N) is 5. The minimum absolute atomic E-state index is 0.0469. The lowest BCUT2D eigenvalue weighted by molar-refractivity contribution is -0.137. The van der Waals surface area contributed by atoms with Gasteiger partial charge in [0.2, 0.25) is 0 Å². The van der Waals surface area contributed by atoms with E-state index in [4.69, 9.17) is 10.8 Å². The lowest BCUT2D eigenvalue weighted by Gasteiger charge is -2.31. The summed E-state index contributed by atoms with van der Waals surface area (Å²) in [5.41, 5.74) is 3.44. The number of carbonyl (C=O) groups excluding carboxylic acids is 1. The van der Waals surface area contributed by atoms with Gasteiger partial charge in [0.15, 0.2) is 0 Å². The number of amidine groups is 1. The minimum Gasteiger partial charge on any atom is -0.342 e. The number of carbonyl (C=O) groups is 1. The van der Waals surface area contributed by atoms with Gasteiger partial charge in [-0.15, -0.1) is 0 Å². The van der Waals surface area contributed by atoms with Crippen molar-refractivity contribution in [2.24, 2.45) is 0 Å². The number of hydrazine groups is 1. The van der Waals surface area contributed by atoms with Gasteiger partial charge >= 0.3 is 6.18 Å². The van der Waals surface area contributed by atoms with Crippen LogP contribution < -0.4 is 16.1 Å². The molecule has 1 amide bonds. The molecule has 3 rings (SSSR count). The number of nitrogens with zero attached hydrogens (tertiary/aromatic N) is 1. The van der Waals surface area contributed by atoms with Gasteiger partial charge < -0.3 is 16.0 Å². The number of halogens is 3.